The van der Waals surface area contributed by atoms with Crippen molar-refractivity contribution in [3.63, 3.8) is 0 Å². The highest BCUT2D eigenvalue weighted by molar-refractivity contribution is 7.83. The quantitative estimate of drug-likeness (QED) is 0.138. The van der Waals surface area contributed by atoms with Crippen molar-refractivity contribution in [3.8, 4) is 0 Å². The molecule has 0 N–H and O–H groups in total. The van der Waals surface area contributed by atoms with Crippen molar-refractivity contribution >= 4 is 35.5 Å². The third-order valence-corrected chi connectivity index (χ3v) is 16.3. The molecule has 4 aromatic carbocycles. The monoisotopic (exact) mass is 618 g/mol. The predicted octanol–water partition coefficient (Wildman–Crippen LogP) is 9.94. The Hall–Kier alpha value is -3.18. The van der Waals surface area contributed by atoms with E-state index in [-0.39, 0.29) is 11.8 Å². The Labute approximate surface area is 264 Å². The molecule has 0 amide bonds. The number of allylic oxidation sites excluding steroid dienone is 4. The van der Waals surface area contributed by atoms with Gasteiger partial charge in [-0.15, -0.1) is 0 Å². The van der Waals surface area contributed by atoms with Gasteiger partial charge in [-0.05, 0) is 37.5 Å². The van der Waals surface area contributed by atoms with E-state index in [1.54, 1.807) is 0 Å². The van der Waals surface area contributed by atoms with Crippen LogP contribution in [0.5, 0.6) is 0 Å². The first-order valence-corrected chi connectivity index (χ1v) is 19.9. The minimum Gasteiger partial charge on any atom is -0.309 e. The van der Waals surface area contributed by atoms with Crippen LogP contribution in [0.3, 0.4) is 0 Å². The van der Waals surface area contributed by atoms with Gasteiger partial charge in [0.05, 0.1) is 0 Å². The van der Waals surface area contributed by atoms with Gasteiger partial charge >= 0.3 is 0 Å². The molecule has 0 aromatic heterocycles. The lowest BCUT2D eigenvalue weighted by Gasteiger charge is -2.33. The Bertz CT molecular complexity index is 1430. The van der Waals surface area contributed by atoms with Crippen molar-refractivity contribution in [2.45, 2.75) is 64.2 Å². The summed E-state index contributed by atoms with van der Waals surface area (Å²) in [5, 5.41) is 5.57. The summed E-state index contributed by atoms with van der Waals surface area (Å²) in [7, 11) is -6.34. The molecule has 6 rings (SSSR count). The molecule has 0 aliphatic heterocycles. The minimum absolute atomic E-state index is 0.228. The van der Waals surface area contributed by atoms with Crippen LogP contribution in [0.15, 0.2) is 144 Å². The number of hydrogen-bond donors (Lipinski definition) is 0. The molecule has 0 saturated heterocycles. The van der Waals surface area contributed by atoms with Gasteiger partial charge in [-0.3, -0.25) is 0 Å². The molecule has 2 aliphatic rings. The van der Waals surface area contributed by atoms with Gasteiger partial charge in [-0.2, -0.15) is 0 Å². The van der Waals surface area contributed by atoms with Crippen LogP contribution in [0.4, 0.5) is 0 Å². The van der Waals surface area contributed by atoms with Crippen LogP contribution in [-0.4, -0.2) is 0 Å². The molecule has 4 heteroatoms. The van der Waals surface area contributed by atoms with Gasteiger partial charge in [0.15, 0.2) is 14.3 Å². The van der Waals surface area contributed by atoms with Crippen molar-refractivity contribution in [2.24, 2.45) is 11.8 Å². The van der Waals surface area contributed by atoms with Gasteiger partial charge in [0.2, 0.25) is 0 Å². The summed E-state index contributed by atoms with van der Waals surface area (Å²) in [4.78, 5) is 0. The summed E-state index contributed by atoms with van der Waals surface area (Å²) >= 11 is 0. The Kier molecular flexibility index (Phi) is 10.0. The van der Waals surface area contributed by atoms with Crippen LogP contribution in [0, 0.1) is 11.8 Å². The second-order valence-corrected chi connectivity index (χ2v) is 17.9. The van der Waals surface area contributed by atoms with Crippen molar-refractivity contribution in [1.29, 1.82) is 0 Å². The van der Waals surface area contributed by atoms with E-state index >= 15 is 9.13 Å². The first-order valence-electron chi connectivity index (χ1n) is 16.5. The lowest BCUT2D eigenvalue weighted by molar-refractivity contribution is 0.410. The first kappa shape index (κ1) is 30.8. The van der Waals surface area contributed by atoms with Crippen LogP contribution in [0.2, 0.25) is 0 Å². The fraction of sp³-hybridized carbons (Fsp3) is 0.300. The van der Waals surface area contributed by atoms with Crippen molar-refractivity contribution < 1.29 is 9.13 Å². The molecule has 0 atom stereocenters. The van der Waals surface area contributed by atoms with E-state index in [0.717, 1.165) is 83.2 Å². The number of hydrogen-bond acceptors (Lipinski definition) is 2. The first-order chi connectivity index (χ1) is 21.6. The van der Waals surface area contributed by atoms with Crippen LogP contribution < -0.4 is 21.2 Å². The normalized spacial score (nSPS) is 17.8. The maximum atomic E-state index is 15.8. The van der Waals surface area contributed by atoms with Gasteiger partial charge in [-0.25, -0.2) is 0 Å². The molecule has 0 unspecified atom stereocenters. The van der Waals surface area contributed by atoms with Gasteiger partial charge in [0, 0.05) is 31.8 Å². The Morgan fingerprint density at radius 2 is 0.659 bits per heavy atom. The summed E-state index contributed by atoms with van der Waals surface area (Å²) in [5.74, 6) is 0.457. The smallest absolute Gasteiger partial charge is 0.167 e. The molecular formula is C40H44O2P2. The second kappa shape index (κ2) is 14.3. The summed E-state index contributed by atoms with van der Waals surface area (Å²) in [6.07, 6.45) is 15.6. The molecule has 44 heavy (non-hydrogen) atoms. The zero-order valence-electron chi connectivity index (χ0n) is 25.6. The minimum atomic E-state index is -3.17. The van der Waals surface area contributed by atoms with E-state index in [1.165, 1.54) is 12.8 Å². The molecule has 0 radical (unpaired) electrons. The molecule has 2 saturated carbocycles. The average Bonchev–Trinajstić information content (AvgIpc) is 3.12. The molecule has 2 fully saturated rings. The zero-order valence-corrected chi connectivity index (χ0v) is 27.4. The van der Waals surface area contributed by atoms with Gasteiger partial charge in [-0.1, -0.05) is 172 Å². The maximum Gasteiger partial charge on any atom is 0.167 e. The Morgan fingerprint density at radius 3 is 0.909 bits per heavy atom. The summed E-state index contributed by atoms with van der Waals surface area (Å²) < 4.78 is 31.7. The van der Waals surface area contributed by atoms with E-state index in [1.807, 2.05) is 121 Å². The van der Waals surface area contributed by atoms with E-state index < -0.39 is 14.3 Å². The standard InChI is InChI=1S/C40H44O2P2/c41-43(35-23-11-3-12-24-35,36-25-13-4-14-26-36)39(33-19-7-1-8-20-33)31-32-40(34-21-9-2-10-22-34)44(42,37-27-15-5-16-28-37)38-29-17-6-18-30-38/h3-6,11-18,23-34H,1-2,7-10,19-22H2/b39-31-,40-32-. The third-order valence-electron chi connectivity index (χ3n) is 9.68. The summed E-state index contributed by atoms with van der Waals surface area (Å²) in [6, 6.07) is 40.3. The topological polar surface area (TPSA) is 34.1 Å². The molecule has 0 bridgehead atoms. The Balaban J connectivity index is 1.62. The van der Waals surface area contributed by atoms with Crippen LogP contribution in [0.1, 0.15) is 64.2 Å². The maximum absolute atomic E-state index is 15.8. The lowest BCUT2D eigenvalue weighted by atomic mass is 9.87. The third kappa shape index (κ3) is 6.31. The summed E-state index contributed by atoms with van der Waals surface area (Å²) in [6.45, 7) is 0. The van der Waals surface area contributed by atoms with Gasteiger partial charge in [0.25, 0.3) is 0 Å². The highest BCUT2D eigenvalue weighted by Gasteiger charge is 2.39. The SMILES string of the molecule is O=P(/C(=C\C=C(\C1CCCCC1)P(=O)(c1ccccc1)c1ccccc1)C1CCCCC1)(c1ccccc1)c1ccccc1. The molecule has 0 heterocycles. The van der Waals surface area contributed by atoms with Crippen LogP contribution in [-0.2, 0) is 9.13 Å². The predicted molar refractivity (Wildman–Crippen MR) is 189 cm³/mol. The zero-order chi connectivity index (χ0) is 30.2. The largest absolute Gasteiger partial charge is 0.309 e. The summed E-state index contributed by atoms with van der Waals surface area (Å²) in [5.41, 5.74) is 0. The Morgan fingerprint density at radius 1 is 0.409 bits per heavy atom. The van der Waals surface area contributed by atoms with Crippen LogP contribution in [0.25, 0.3) is 0 Å². The number of rotatable bonds is 9. The lowest BCUT2D eigenvalue weighted by Crippen LogP contribution is -2.23. The molecule has 0 spiro atoms. The highest BCUT2D eigenvalue weighted by atomic mass is 31.2. The van der Waals surface area contributed by atoms with Crippen LogP contribution >= 0.6 is 14.3 Å². The van der Waals surface area contributed by atoms with Gasteiger partial charge < -0.3 is 9.13 Å². The molecule has 4 aromatic rings. The second-order valence-electron chi connectivity index (χ2n) is 12.4. The fourth-order valence-electron chi connectivity index (χ4n) is 7.41. The number of benzene rings is 4. The van der Waals surface area contributed by atoms with E-state index in [2.05, 4.69) is 12.2 Å². The molecule has 226 valence electrons. The van der Waals surface area contributed by atoms with Gasteiger partial charge in [0.1, 0.15) is 0 Å². The van der Waals surface area contributed by atoms with Crippen molar-refractivity contribution in [1.82, 2.24) is 0 Å². The van der Waals surface area contributed by atoms with E-state index in [4.69, 9.17) is 0 Å². The van der Waals surface area contributed by atoms with E-state index in [9.17, 15) is 0 Å². The molecule has 2 aliphatic carbocycles. The highest BCUT2D eigenvalue weighted by Crippen LogP contribution is 2.60. The molecular weight excluding hydrogens is 574 g/mol. The van der Waals surface area contributed by atoms with E-state index in [0.29, 0.717) is 0 Å². The average molecular weight is 619 g/mol. The van der Waals surface area contributed by atoms with Crippen molar-refractivity contribution in [2.75, 3.05) is 0 Å². The molecule has 2 nitrogen and oxygen atoms in total. The van der Waals surface area contributed by atoms with Crippen molar-refractivity contribution in [3.05, 3.63) is 144 Å². The fourth-order valence-corrected chi connectivity index (χ4v) is 13.7.